The predicted molar refractivity (Wildman–Crippen MR) is 90.0 cm³/mol. The Labute approximate surface area is 139 Å². The van der Waals surface area contributed by atoms with Gasteiger partial charge in [0.15, 0.2) is 0 Å². The van der Waals surface area contributed by atoms with Crippen LogP contribution in [0.5, 0.6) is 0 Å². The van der Waals surface area contributed by atoms with Crippen LogP contribution in [0.2, 0.25) is 0 Å². The molecule has 0 unspecified atom stereocenters. The predicted octanol–water partition coefficient (Wildman–Crippen LogP) is 1.68. The van der Waals surface area contributed by atoms with Crippen LogP contribution in [0.15, 0.2) is 53.5 Å². The molecule has 24 heavy (non-hydrogen) atoms. The molecule has 0 aliphatic carbocycles. The van der Waals surface area contributed by atoms with E-state index in [-0.39, 0.29) is 24.1 Å². The number of nitrogens with zero attached hydrogens (tertiary/aromatic N) is 1. The lowest BCUT2D eigenvalue weighted by molar-refractivity contribution is -0.122. The van der Waals surface area contributed by atoms with E-state index in [2.05, 4.69) is 5.32 Å². The molecule has 1 heterocycles. The highest BCUT2D eigenvalue weighted by Gasteiger charge is 2.11. The normalized spacial score (nSPS) is 11.7. The van der Waals surface area contributed by atoms with Crippen LogP contribution in [0.1, 0.15) is 29.3 Å². The Morgan fingerprint density at radius 3 is 2.54 bits per heavy atom. The van der Waals surface area contributed by atoms with E-state index in [9.17, 15) is 14.4 Å². The van der Waals surface area contributed by atoms with Gasteiger partial charge in [-0.1, -0.05) is 30.3 Å². The topological polar surface area (TPSA) is 88.4 Å². The highest BCUT2D eigenvalue weighted by Crippen LogP contribution is 2.05. The van der Waals surface area contributed by atoms with Crippen molar-refractivity contribution in [1.82, 2.24) is 9.88 Å². The van der Waals surface area contributed by atoms with E-state index in [1.165, 1.54) is 17.8 Å². The quantitative estimate of drug-likeness (QED) is 0.809. The monoisotopic (exact) mass is 328 g/mol. The Kier molecular flexibility index (Phi) is 5.89. The van der Waals surface area contributed by atoms with Crippen molar-refractivity contribution in [1.29, 1.82) is 0 Å². The molecule has 0 aliphatic rings. The fraction of sp³-hybridized carbons (Fsp3) is 0.278. The zero-order valence-electron chi connectivity index (χ0n) is 13.4. The fourth-order valence-corrected chi connectivity index (χ4v) is 2.36. The number of carbonyl (C=O) groups excluding carboxylic acids is 1. The summed E-state index contributed by atoms with van der Waals surface area (Å²) in [6.07, 6.45) is 2.80. The van der Waals surface area contributed by atoms with Crippen molar-refractivity contribution in [3.05, 3.63) is 70.1 Å². The van der Waals surface area contributed by atoms with Gasteiger partial charge in [0.2, 0.25) is 5.91 Å². The molecule has 0 spiro atoms. The van der Waals surface area contributed by atoms with Crippen molar-refractivity contribution in [3.63, 3.8) is 0 Å². The number of aromatic nitrogens is 1. The Bertz CT molecular complexity index is 768. The Morgan fingerprint density at radius 2 is 1.88 bits per heavy atom. The van der Waals surface area contributed by atoms with Gasteiger partial charge < -0.3 is 15.0 Å². The van der Waals surface area contributed by atoms with E-state index in [1.54, 1.807) is 0 Å². The minimum atomic E-state index is -1.14. The maximum absolute atomic E-state index is 12.0. The number of nitrogens with one attached hydrogen (secondary N) is 1. The van der Waals surface area contributed by atoms with Gasteiger partial charge in [0.25, 0.3) is 5.56 Å². The van der Waals surface area contributed by atoms with Gasteiger partial charge in [0.05, 0.1) is 5.56 Å². The first-order valence-corrected chi connectivity index (χ1v) is 7.73. The molecule has 6 nitrogen and oxygen atoms in total. The van der Waals surface area contributed by atoms with E-state index in [4.69, 9.17) is 5.11 Å². The van der Waals surface area contributed by atoms with Crippen LogP contribution in [0.3, 0.4) is 0 Å². The molecule has 0 fully saturated rings. The van der Waals surface area contributed by atoms with Gasteiger partial charge in [-0.05, 0) is 31.4 Å². The van der Waals surface area contributed by atoms with Crippen molar-refractivity contribution < 1.29 is 14.7 Å². The molecule has 0 saturated heterocycles. The van der Waals surface area contributed by atoms with E-state index >= 15 is 0 Å². The molecule has 0 bridgehead atoms. The molecule has 1 aromatic heterocycles. The number of rotatable bonds is 7. The van der Waals surface area contributed by atoms with Crippen LogP contribution in [-0.2, 0) is 17.8 Å². The van der Waals surface area contributed by atoms with Crippen LogP contribution in [-0.4, -0.2) is 27.6 Å². The molecule has 6 heteroatoms. The fourth-order valence-electron chi connectivity index (χ4n) is 2.36. The number of carboxylic acid groups (broad SMARTS) is 1. The molecular weight excluding hydrogens is 308 g/mol. The first-order valence-electron chi connectivity index (χ1n) is 7.73. The lowest BCUT2D eigenvalue weighted by Crippen LogP contribution is -2.37. The lowest BCUT2D eigenvalue weighted by atomic mass is 10.1. The number of carbonyl (C=O) groups is 2. The third-order valence-corrected chi connectivity index (χ3v) is 3.66. The first-order chi connectivity index (χ1) is 11.5. The standard InChI is InChI=1S/C18H20N2O4/c1-13(7-8-14-5-3-2-4-6-14)19-16(21)12-20-11-15(18(23)24)9-10-17(20)22/h2-6,9-11,13H,7-8,12H2,1H3,(H,19,21)(H,23,24)/t13-/m0/s1. The summed E-state index contributed by atoms with van der Waals surface area (Å²) in [5, 5.41) is 11.8. The number of aromatic carboxylic acids is 1. The number of benzene rings is 1. The van der Waals surface area contributed by atoms with E-state index in [1.807, 2.05) is 37.3 Å². The number of pyridine rings is 1. The summed E-state index contributed by atoms with van der Waals surface area (Å²) in [4.78, 5) is 34.7. The van der Waals surface area contributed by atoms with E-state index < -0.39 is 11.5 Å². The van der Waals surface area contributed by atoms with Gasteiger partial charge in [-0.25, -0.2) is 4.79 Å². The van der Waals surface area contributed by atoms with Crippen LogP contribution in [0, 0.1) is 0 Å². The largest absolute Gasteiger partial charge is 0.478 e. The Morgan fingerprint density at radius 1 is 1.17 bits per heavy atom. The van der Waals surface area contributed by atoms with Gasteiger partial charge in [0, 0.05) is 18.3 Å². The molecule has 126 valence electrons. The van der Waals surface area contributed by atoms with Gasteiger partial charge >= 0.3 is 5.97 Å². The second kappa shape index (κ2) is 8.10. The second-order valence-corrected chi connectivity index (χ2v) is 5.68. The van der Waals surface area contributed by atoms with Crippen LogP contribution in [0.25, 0.3) is 0 Å². The highest BCUT2D eigenvalue weighted by molar-refractivity contribution is 5.87. The minimum Gasteiger partial charge on any atom is -0.478 e. The Balaban J connectivity index is 1.89. The molecule has 0 aliphatic heterocycles. The summed E-state index contributed by atoms with van der Waals surface area (Å²) < 4.78 is 1.10. The van der Waals surface area contributed by atoms with Gasteiger partial charge in [-0.2, -0.15) is 0 Å². The molecule has 1 amide bonds. The van der Waals surface area contributed by atoms with Gasteiger partial charge in [0.1, 0.15) is 6.54 Å². The lowest BCUT2D eigenvalue weighted by Gasteiger charge is -2.14. The van der Waals surface area contributed by atoms with Gasteiger partial charge in [-0.15, -0.1) is 0 Å². The highest BCUT2D eigenvalue weighted by atomic mass is 16.4. The average molecular weight is 328 g/mol. The molecule has 1 aromatic carbocycles. The minimum absolute atomic E-state index is 0.0282. The molecule has 2 N–H and O–H groups in total. The summed E-state index contributed by atoms with van der Waals surface area (Å²) in [5.41, 5.74) is 0.760. The third kappa shape index (κ3) is 5.08. The summed E-state index contributed by atoms with van der Waals surface area (Å²) in [6, 6.07) is 12.3. The number of hydrogen-bond acceptors (Lipinski definition) is 3. The zero-order chi connectivity index (χ0) is 17.5. The molecule has 0 saturated carbocycles. The maximum atomic E-state index is 12.0. The SMILES string of the molecule is C[C@@H](CCc1ccccc1)NC(=O)Cn1cc(C(=O)O)ccc1=O. The molecular formula is C18H20N2O4. The second-order valence-electron chi connectivity index (χ2n) is 5.68. The van der Waals surface area contributed by atoms with Crippen molar-refractivity contribution >= 4 is 11.9 Å². The first kappa shape index (κ1) is 17.5. The summed E-state index contributed by atoms with van der Waals surface area (Å²) in [5.74, 6) is -1.46. The van der Waals surface area contributed by atoms with Crippen molar-refractivity contribution in [2.75, 3.05) is 0 Å². The number of carboxylic acids is 1. The molecule has 1 atom stereocenters. The Hall–Kier alpha value is -2.89. The molecule has 2 aromatic rings. The van der Waals surface area contributed by atoms with Crippen LogP contribution >= 0.6 is 0 Å². The summed E-state index contributed by atoms with van der Waals surface area (Å²) >= 11 is 0. The van der Waals surface area contributed by atoms with Crippen molar-refractivity contribution in [2.45, 2.75) is 32.4 Å². The van der Waals surface area contributed by atoms with Gasteiger partial charge in [-0.3, -0.25) is 9.59 Å². The molecule has 2 rings (SSSR count). The van der Waals surface area contributed by atoms with Crippen molar-refractivity contribution in [3.8, 4) is 0 Å². The molecule has 0 radical (unpaired) electrons. The van der Waals surface area contributed by atoms with E-state index in [0.29, 0.717) is 0 Å². The number of hydrogen-bond donors (Lipinski definition) is 2. The van der Waals surface area contributed by atoms with Crippen molar-refractivity contribution in [2.24, 2.45) is 0 Å². The zero-order valence-corrected chi connectivity index (χ0v) is 13.4. The average Bonchev–Trinajstić information content (AvgIpc) is 2.55. The number of aryl methyl sites for hydroxylation is 1. The third-order valence-electron chi connectivity index (χ3n) is 3.66. The van der Waals surface area contributed by atoms with Crippen LogP contribution < -0.4 is 10.9 Å². The number of amides is 1. The smallest absolute Gasteiger partial charge is 0.337 e. The summed E-state index contributed by atoms with van der Waals surface area (Å²) in [7, 11) is 0. The maximum Gasteiger partial charge on any atom is 0.337 e. The van der Waals surface area contributed by atoms with E-state index in [0.717, 1.165) is 23.5 Å². The summed E-state index contributed by atoms with van der Waals surface area (Å²) in [6.45, 7) is 1.70. The van der Waals surface area contributed by atoms with Crippen LogP contribution in [0.4, 0.5) is 0 Å².